The number of amides is 2. The fourth-order valence-electron chi connectivity index (χ4n) is 3.54. The molecule has 3 aliphatic rings. The first-order valence-corrected chi connectivity index (χ1v) is 9.29. The molecule has 1 aromatic rings. The van der Waals surface area contributed by atoms with Crippen LogP contribution >= 0.6 is 0 Å². The molecule has 7 nitrogen and oxygen atoms in total. The van der Waals surface area contributed by atoms with Crippen LogP contribution in [0.1, 0.15) is 63.5 Å². The third kappa shape index (κ3) is 3.38. The fraction of sp³-hybridized carbons (Fsp3) is 0.526. The smallest absolute Gasteiger partial charge is 0.281 e. The summed E-state index contributed by atoms with van der Waals surface area (Å²) >= 11 is 0. The van der Waals surface area contributed by atoms with Crippen molar-refractivity contribution in [2.24, 2.45) is 15.9 Å². The molecule has 0 aromatic carbocycles. The lowest BCUT2D eigenvalue weighted by atomic mass is 10.0. The highest BCUT2D eigenvalue weighted by Crippen LogP contribution is 2.40. The van der Waals surface area contributed by atoms with Crippen molar-refractivity contribution < 1.29 is 9.59 Å². The van der Waals surface area contributed by atoms with Gasteiger partial charge in [-0.15, -0.1) is 0 Å². The summed E-state index contributed by atoms with van der Waals surface area (Å²) in [5.74, 6) is 1.16. The Bertz CT molecular complexity index is 838. The Morgan fingerprint density at radius 3 is 2.65 bits per heavy atom. The molecule has 1 N–H and O–H groups in total. The molecule has 1 aromatic heterocycles. The van der Waals surface area contributed by atoms with Gasteiger partial charge in [-0.2, -0.15) is 14.8 Å². The van der Waals surface area contributed by atoms with Gasteiger partial charge >= 0.3 is 0 Å². The van der Waals surface area contributed by atoms with Crippen molar-refractivity contribution in [3.05, 3.63) is 23.9 Å². The van der Waals surface area contributed by atoms with E-state index >= 15 is 0 Å². The summed E-state index contributed by atoms with van der Waals surface area (Å²) in [6.45, 7) is 5.41. The minimum absolute atomic E-state index is 0.0201. The van der Waals surface area contributed by atoms with Crippen LogP contribution in [-0.4, -0.2) is 33.3 Å². The van der Waals surface area contributed by atoms with Gasteiger partial charge in [0, 0.05) is 18.4 Å². The van der Waals surface area contributed by atoms with Crippen LogP contribution in [0.3, 0.4) is 0 Å². The van der Waals surface area contributed by atoms with E-state index in [0.717, 1.165) is 31.4 Å². The number of rotatable bonds is 4. The van der Waals surface area contributed by atoms with Crippen LogP contribution in [0.5, 0.6) is 0 Å². The van der Waals surface area contributed by atoms with E-state index < -0.39 is 5.91 Å². The lowest BCUT2D eigenvalue weighted by Gasteiger charge is -2.13. The largest absolute Gasteiger partial charge is 0.310 e. The van der Waals surface area contributed by atoms with Gasteiger partial charge in [-0.25, -0.2) is 4.99 Å². The first-order valence-electron chi connectivity index (χ1n) is 9.29. The standard InChI is InChI=1S/C19H23N5O2/c1-11-12(2)20-19(22-18(11)26)24-16(10-15(23-24)14-7-8-14)21-17(25)9-13-5-3-4-6-13/h10,13-14H,1,3-9H2,2H3,(H,21,25). The molecule has 7 heteroatoms. The molecule has 0 spiro atoms. The number of carbonyl (C=O) groups is 2. The quantitative estimate of drug-likeness (QED) is 0.844. The van der Waals surface area contributed by atoms with Crippen LogP contribution in [0.4, 0.5) is 5.82 Å². The Balaban J connectivity index is 1.59. The summed E-state index contributed by atoms with van der Waals surface area (Å²) in [5.41, 5.74) is 1.72. The topological polar surface area (TPSA) is 88.7 Å². The summed E-state index contributed by atoms with van der Waals surface area (Å²) in [4.78, 5) is 32.8. The minimum atomic E-state index is -0.417. The summed E-state index contributed by atoms with van der Waals surface area (Å²) < 4.78 is 1.48. The summed E-state index contributed by atoms with van der Waals surface area (Å²) in [6, 6.07) is 1.88. The molecule has 0 radical (unpaired) electrons. The molecule has 4 rings (SSSR count). The maximum absolute atomic E-state index is 12.5. The molecule has 2 aliphatic carbocycles. The number of hydrogen-bond acceptors (Lipinski definition) is 4. The van der Waals surface area contributed by atoms with Crippen LogP contribution < -0.4 is 5.32 Å². The second-order valence-electron chi connectivity index (χ2n) is 7.44. The second kappa shape index (κ2) is 6.63. The summed E-state index contributed by atoms with van der Waals surface area (Å²) in [6.07, 6.45) is 7.36. The number of aromatic nitrogens is 2. The molecule has 2 saturated carbocycles. The monoisotopic (exact) mass is 353 g/mol. The van der Waals surface area contributed by atoms with Gasteiger partial charge in [0.1, 0.15) is 5.82 Å². The van der Waals surface area contributed by atoms with E-state index in [2.05, 4.69) is 27.0 Å². The first-order chi connectivity index (χ1) is 12.5. The average Bonchev–Trinajstić information content (AvgIpc) is 3.17. The van der Waals surface area contributed by atoms with Crippen molar-refractivity contribution in [1.82, 2.24) is 9.78 Å². The molecule has 2 amide bonds. The fourth-order valence-corrected chi connectivity index (χ4v) is 3.54. The third-order valence-corrected chi connectivity index (χ3v) is 5.29. The van der Waals surface area contributed by atoms with Crippen molar-refractivity contribution in [3.63, 3.8) is 0 Å². The lowest BCUT2D eigenvalue weighted by Crippen LogP contribution is -2.25. The van der Waals surface area contributed by atoms with Gasteiger partial charge in [-0.05, 0) is 38.5 Å². The van der Waals surface area contributed by atoms with Crippen molar-refractivity contribution in [3.8, 4) is 0 Å². The number of hydrogen-bond donors (Lipinski definition) is 1. The third-order valence-electron chi connectivity index (χ3n) is 5.29. The summed E-state index contributed by atoms with van der Waals surface area (Å²) in [7, 11) is 0. The Morgan fingerprint density at radius 2 is 2.00 bits per heavy atom. The van der Waals surface area contributed by atoms with E-state index in [1.54, 1.807) is 6.92 Å². The number of nitrogens with one attached hydrogen (secondary N) is 1. The molecular formula is C19H23N5O2. The molecule has 0 unspecified atom stereocenters. The maximum atomic E-state index is 12.5. The zero-order valence-corrected chi connectivity index (χ0v) is 15.0. The number of aliphatic imine (C=N–C) groups is 2. The number of carbonyl (C=O) groups excluding carboxylic acids is 2. The Hall–Kier alpha value is -2.57. The molecule has 2 fully saturated rings. The van der Waals surface area contributed by atoms with Crippen molar-refractivity contribution >= 4 is 29.3 Å². The van der Waals surface area contributed by atoms with Gasteiger partial charge in [0.05, 0.1) is 17.0 Å². The van der Waals surface area contributed by atoms with Crippen molar-refractivity contribution in [2.75, 3.05) is 5.32 Å². The summed E-state index contributed by atoms with van der Waals surface area (Å²) in [5, 5.41) is 7.51. The molecular weight excluding hydrogens is 330 g/mol. The second-order valence-corrected chi connectivity index (χ2v) is 7.44. The van der Waals surface area contributed by atoms with E-state index in [-0.39, 0.29) is 17.4 Å². The van der Waals surface area contributed by atoms with Crippen LogP contribution in [0.2, 0.25) is 0 Å². The van der Waals surface area contributed by atoms with Crippen LogP contribution in [-0.2, 0) is 9.59 Å². The molecule has 0 bridgehead atoms. The van der Waals surface area contributed by atoms with E-state index in [1.165, 1.54) is 17.5 Å². The van der Waals surface area contributed by atoms with Gasteiger partial charge in [-0.3, -0.25) is 9.59 Å². The molecule has 26 heavy (non-hydrogen) atoms. The molecule has 0 saturated heterocycles. The van der Waals surface area contributed by atoms with Crippen molar-refractivity contribution in [2.45, 2.75) is 57.8 Å². The predicted octanol–water partition coefficient (Wildman–Crippen LogP) is 3.04. The Labute approximate surface area is 152 Å². The highest BCUT2D eigenvalue weighted by molar-refractivity contribution is 6.27. The maximum Gasteiger partial charge on any atom is 0.281 e. The van der Waals surface area contributed by atoms with E-state index in [9.17, 15) is 9.59 Å². The van der Waals surface area contributed by atoms with Crippen molar-refractivity contribution in [1.29, 1.82) is 0 Å². The van der Waals surface area contributed by atoms with E-state index in [0.29, 0.717) is 29.8 Å². The Kier molecular flexibility index (Phi) is 4.30. The van der Waals surface area contributed by atoms with Crippen LogP contribution in [0.25, 0.3) is 0 Å². The zero-order chi connectivity index (χ0) is 18.3. The van der Waals surface area contributed by atoms with Crippen LogP contribution in [0.15, 0.2) is 28.2 Å². The molecule has 1 aliphatic heterocycles. The highest BCUT2D eigenvalue weighted by Gasteiger charge is 2.30. The number of nitrogens with zero attached hydrogens (tertiary/aromatic N) is 4. The normalized spacial score (nSPS) is 21.0. The number of anilines is 1. The minimum Gasteiger partial charge on any atom is -0.310 e. The zero-order valence-electron chi connectivity index (χ0n) is 15.0. The van der Waals surface area contributed by atoms with E-state index in [1.807, 2.05) is 6.07 Å². The van der Waals surface area contributed by atoms with Gasteiger partial charge in [0.25, 0.3) is 11.9 Å². The van der Waals surface area contributed by atoms with Gasteiger partial charge in [0.15, 0.2) is 0 Å². The van der Waals surface area contributed by atoms with Gasteiger partial charge in [0.2, 0.25) is 5.91 Å². The molecule has 136 valence electrons. The van der Waals surface area contributed by atoms with Gasteiger partial charge in [-0.1, -0.05) is 19.4 Å². The highest BCUT2D eigenvalue weighted by atomic mass is 16.2. The molecule has 0 atom stereocenters. The van der Waals surface area contributed by atoms with Gasteiger partial charge < -0.3 is 5.32 Å². The van der Waals surface area contributed by atoms with E-state index in [4.69, 9.17) is 0 Å². The van der Waals surface area contributed by atoms with Crippen LogP contribution in [0, 0.1) is 5.92 Å². The molecule has 2 heterocycles. The Morgan fingerprint density at radius 1 is 1.27 bits per heavy atom. The predicted molar refractivity (Wildman–Crippen MR) is 99.5 cm³/mol. The lowest BCUT2D eigenvalue weighted by molar-refractivity contribution is -0.117. The SMILES string of the molecule is C=C1C(=O)N=C(n2nc(C3CC3)cc2NC(=O)CC2CCCC2)N=C1C. The average molecular weight is 353 g/mol. The first kappa shape index (κ1) is 16.9.